The fourth-order valence-corrected chi connectivity index (χ4v) is 6.61. The van der Waals surface area contributed by atoms with Gasteiger partial charge in [0.1, 0.15) is 11.5 Å². The SMILES string of the molecule is CCOc1ncccc1-c1ccc2c(n1)C(=O)N(C1CCNC1)CC21CCN(c2ccc(N(C)C)nc2C(F)(F)F)CC1. The number of nitrogens with one attached hydrogen (secondary N) is 1. The largest absolute Gasteiger partial charge is 0.477 e. The number of nitrogens with zero attached hydrogens (tertiary/aromatic N) is 6. The van der Waals surface area contributed by atoms with Crippen LogP contribution in [0.4, 0.5) is 24.7 Å². The van der Waals surface area contributed by atoms with E-state index in [1.165, 1.54) is 6.07 Å². The molecule has 1 unspecified atom stereocenters. The summed E-state index contributed by atoms with van der Waals surface area (Å²) < 4.78 is 48.1. The van der Waals surface area contributed by atoms with E-state index >= 15 is 0 Å². The van der Waals surface area contributed by atoms with Crippen LogP contribution in [0.25, 0.3) is 11.3 Å². The van der Waals surface area contributed by atoms with Gasteiger partial charge in [-0.2, -0.15) is 13.2 Å². The summed E-state index contributed by atoms with van der Waals surface area (Å²) >= 11 is 0. The molecule has 2 fully saturated rings. The summed E-state index contributed by atoms with van der Waals surface area (Å²) in [6.07, 6.45) is -0.925. The molecule has 1 amide bonds. The molecule has 0 aromatic carbocycles. The van der Waals surface area contributed by atoms with Gasteiger partial charge in [0.25, 0.3) is 5.91 Å². The summed E-state index contributed by atoms with van der Waals surface area (Å²) in [5.74, 6) is 0.603. The molecule has 9 nitrogen and oxygen atoms in total. The second-order valence-electron chi connectivity index (χ2n) is 11.7. The van der Waals surface area contributed by atoms with E-state index in [-0.39, 0.29) is 23.5 Å². The van der Waals surface area contributed by atoms with Crippen LogP contribution in [0, 0.1) is 0 Å². The molecule has 2 saturated heterocycles. The topological polar surface area (TPSA) is 86.7 Å². The molecule has 43 heavy (non-hydrogen) atoms. The predicted octanol–water partition coefficient (Wildman–Crippen LogP) is 4.38. The van der Waals surface area contributed by atoms with Gasteiger partial charge in [0.05, 0.1) is 23.6 Å². The molecular formula is C31H36F3N7O2. The van der Waals surface area contributed by atoms with Crippen LogP contribution in [0.15, 0.2) is 42.6 Å². The first-order valence-corrected chi connectivity index (χ1v) is 14.7. The lowest BCUT2D eigenvalue weighted by Gasteiger charge is -2.49. The van der Waals surface area contributed by atoms with Gasteiger partial charge in [-0.1, -0.05) is 6.07 Å². The minimum absolute atomic E-state index is 0.0398. The molecular weight excluding hydrogens is 559 g/mol. The summed E-state index contributed by atoms with van der Waals surface area (Å²) in [5.41, 5.74) is 1.36. The van der Waals surface area contributed by atoms with Crippen molar-refractivity contribution in [1.29, 1.82) is 0 Å². The maximum Gasteiger partial charge on any atom is 0.435 e. The Hall–Kier alpha value is -3.93. The molecule has 228 valence electrons. The van der Waals surface area contributed by atoms with Crippen molar-refractivity contribution in [3.8, 4) is 17.1 Å². The lowest BCUT2D eigenvalue weighted by molar-refractivity contribution is -0.140. The number of pyridine rings is 3. The van der Waals surface area contributed by atoms with Crippen LogP contribution >= 0.6 is 0 Å². The molecule has 3 aliphatic heterocycles. The van der Waals surface area contributed by atoms with Gasteiger partial charge in [0.15, 0.2) is 5.69 Å². The van der Waals surface area contributed by atoms with E-state index in [9.17, 15) is 18.0 Å². The highest BCUT2D eigenvalue weighted by atomic mass is 19.4. The van der Waals surface area contributed by atoms with Crippen molar-refractivity contribution in [3.05, 3.63) is 59.5 Å². The number of rotatable bonds is 6. The number of hydrogen-bond donors (Lipinski definition) is 1. The number of halogens is 3. The Bertz CT molecular complexity index is 1500. The molecule has 3 aliphatic rings. The summed E-state index contributed by atoms with van der Waals surface area (Å²) in [4.78, 5) is 32.5. The van der Waals surface area contributed by atoms with Crippen molar-refractivity contribution in [2.45, 2.75) is 43.8 Å². The first-order chi connectivity index (χ1) is 20.6. The van der Waals surface area contributed by atoms with Crippen molar-refractivity contribution < 1.29 is 22.7 Å². The zero-order valence-corrected chi connectivity index (χ0v) is 24.6. The number of piperidine rings is 1. The van der Waals surface area contributed by atoms with Gasteiger partial charge in [-0.05, 0) is 68.6 Å². The molecule has 6 rings (SSSR count). The third kappa shape index (κ3) is 5.37. The summed E-state index contributed by atoms with van der Waals surface area (Å²) in [7, 11) is 3.34. The molecule has 0 aliphatic carbocycles. The van der Waals surface area contributed by atoms with E-state index in [0.717, 1.165) is 18.5 Å². The van der Waals surface area contributed by atoms with Crippen LogP contribution in [-0.2, 0) is 11.6 Å². The van der Waals surface area contributed by atoms with E-state index in [1.807, 2.05) is 36.1 Å². The predicted molar refractivity (Wildman–Crippen MR) is 158 cm³/mol. The van der Waals surface area contributed by atoms with E-state index in [0.29, 0.717) is 68.5 Å². The molecule has 6 heterocycles. The zero-order valence-electron chi connectivity index (χ0n) is 24.6. The van der Waals surface area contributed by atoms with Crippen LogP contribution in [0.3, 0.4) is 0 Å². The fourth-order valence-electron chi connectivity index (χ4n) is 6.61. The molecule has 1 N–H and O–H groups in total. The van der Waals surface area contributed by atoms with Gasteiger partial charge >= 0.3 is 6.18 Å². The van der Waals surface area contributed by atoms with Crippen LogP contribution in [0.1, 0.15) is 47.9 Å². The van der Waals surface area contributed by atoms with Crippen molar-refractivity contribution in [3.63, 3.8) is 0 Å². The Morgan fingerprint density at radius 2 is 1.91 bits per heavy atom. The average molecular weight is 596 g/mol. The third-order valence-electron chi connectivity index (χ3n) is 8.85. The number of ether oxygens (including phenoxy) is 1. The Morgan fingerprint density at radius 1 is 1.12 bits per heavy atom. The van der Waals surface area contributed by atoms with Crippen LogP contribution < -0.4 is 19.9 Å². The third-order valence-corrected chi connectivity index (χ3v) is 8.85. The van der Waals surface area contributed by atoms with Crippen LogP contribution in [0.5, 0.6) is 5.88 Å². The van der Waals surface area contributed by atoms with Gasteiger partial charge < -0.3 is 24.8 Å². The first-order valence-electron chi connectivity index (χ1n) is 14.7. The highest BCUT2D eigenvalue weighted by Crippen LogP contribution is 2.45. The van der Waals surface area contributed by atoms with Crippen molar-refractivity contribution in [2.75, 3.05) is 63.2 Å². The molecule has 1 atom stereocenters. The van der Waals surface area contributed by atoms with E-state index in [2.05, 4.69) is 15.3 Å². The Morgan fingerprint density at radius 3 is 2.58 bits per heavy atom. The normalized spacial score (nSPS) is 20.0. The number of carbonyl (C=O) groups is 1. The molecule has 0 radical (unpaired) electrons. The van der Waals surface area contributed by atoms with Crippen molar-refractivity contribution >= 4 is 17.4 Å². The summed E-state index contributed by atoms with van der Waals surface area (Å²) in [6.45, 7) is 5.18. The van der Waals surface area contributed by atoms with Gasteiger partial charge in [0, 0.05) is 57.9 Å². The first kappa shape index (κ1) is 29.2. The number of aromatic nitrogens is 3. The Kier molecular flexibility index (Phi) is 7.66. The average Bonchev–Trinajstić information content (AvgIpc) is 3.54. The number of hydrogen-bond acceptors (Lipinski definition) is 8. The Balaban J connectivity index is 1.37. The molecule has 12 heteroatoms. The smallest absolute Gasteiger partial charge is 0.435 e. The van der Waals surface area contributed by atoms with E-state index in [4.69, 9.17) is 9.72 Å². The number of carbonyl (C=O) groups excluding carboxylic acids is 1. The quantitative estimate of drug-likeness (QED) is 0.450. The van der Waals surface area contributed by atoms with Gasteiger partial charge in [0.2, 0.25) is 5.88 Å². The Labute approximate surface area is 249 Å². The van der Waals surface area contributed by atoms with Crippen molar-refractivity contribution in [2.24, 2.45) is 0 Å². The lowest BCUT2D eigenvalue weighted by atomic mass is 9.69. The molecule has 0 saturated carbocycles. The minimum atomic E-state index is -4.58. The van der Waals surface area contributed by atoms with Crippen LogP contribution in [-0.4, -0.2) is 85.2 Å². The monoisotopic (exact) mass is 595 g/mol. The number of alkyl halides is 3. The van der Waals surface area contributed by atoms with Gasteiger partial charge in [-0.3, -0.25) is 4.79 Å². The standard InChI is InChI=1S/C31H36F3N7O2/c1-4-43-28-21(6-5-14-36-28)23-8-7-22-26(37-23)29(42)41(20-11-15-35-18-20)19-30(22)12-16-40(17-13-30)24-9-10-25(39(2)3)38-27(24)31(32,33)34/h5-10,14,20,35H,4,11-13,15-19H2,1-3H3. The number of fused-ring (bicyclic) bond motifs is 2. The maximum absolute atomic E-state index is 14.1. The van der Waals surface area contributed by atoms with Crippen LogP contribution in [0.2, 0.25) is 0 Å². The highest BCUT2D eigenvalue weighted by Gasteiger charge is 2.48. The lowest BCUT2D eigenvalue weighted by Crippen LogP contribution is -2.57. The number of anilines is 2. The van der Waals surface area contributed by atoms with Crippen molar-refractivity contribution in [1.82, 2.24) is 25.2 Å². The molecule has 0 bridgehead atoms. The zero-order chi connectivity index (χ0) is 30.4. The second-order valence-corrected chi connectivity index (χ2v) is 11.7. The fraction of sp³-hybridized carbons (Fsp3) is 0.484. The summed E-state index contributed by atoms with van der Waals surface area (Å²) in [5, 5.41) is 3.36. The molecule has 3 aromatic heterocycles. The molecule has 3 aromatic rings. The highest BCUT2D eigenvalue weighted by molar-refractivity contribution is 5.96. The van der Waals surface area contributed by atoms with E-state index < -0.39 is 17.3 Å². The minimum Gasteiger partial charge on any atom is -0.477 e. The maximum atomic E-state index is 14.1. The second kappa shape index (κ2) is 11.3. The number of amides is 1. The molecule has 1 spiro atoms. The van der Waals surface area contributed by atoms with Gasteiger partial charge in [-0.15, -0.1) is 0 Å². The summed E-state index contributed by atoms with van der Waals surface area (Å²) in [6, 6.07) is 10.8. The van der Waals surface area contributed by atoms with E-state index in [1.54, 1.807) is 36.2 Å². The van der Waals surface area contributed by atoms with Gasteiger partial charge in [-0.25, -0.2) is 15.0 Å².